The minimum atomic E-state index is -10.0. The topological polar surface area (TPSA) is 49.9 Å². The highest BCUT2D eigenvalue weighted by Crippen LogP contribution is 3.02. The van der Waals surface area contributed by atoms with Gasteiger partial charge in [0.05, 0.1) is 26.5 Å². The molecule has 0 aliphatic heterocycles. The van der Waals surface area contributed by atoms with Gasteiger partial charge in [0, 0.05) is 10.2 Å². The molecule has 0 atom stereocenters. The summed E-state index contributed by atoms with van der Waals surface area (Å²) in [5.74, 6) is -2.44. The molecule has 13 heteroatoms. The fourth-order valence-electron chi connectivity index (χ4n) is 2.76. The van der Waals surface area contributed by atoms with E-state index in [-0.39, 0.29) is 50.0 Å². The standard InChI is InChI=1S/C18H11BrClF6NO2S2/c1-8(28)14-17(29)15-12(20)5-4-11(19)16(15)27-18(14)30-7-9-2-3-10(6-13(9)21)31(22,23,24,25)26/h2-6H,7H2,1H3,(H,27,29). The second kappa shape index (κ2) is 7.19. The van der Waals surface area contributed by atoms with E-state index >= 15 is 0 Å². The molecule has 31 heavy (non-hydrogen) atoms. The molecule has 1 aromatic heterocycles. The van der Waals surface area contributed by atoms with E-state index in [0.29, 0.717) is 10.5 Å². The van der Waals surface area contributed by atoms with Crippen LogP contribution >= 0.6 is 49.5 Å². The summed E-state index contributed by atoms with van der Waals surface area (Å²) in [7, 11) is -10.0. The third-order valence-electron chi connectivity index (χ3n) is 4.22. The molecular weight excluding hydrogens is 556 g/mol. The molecule has 1 N–H and O–H groups in total. The lowest BCUT2D eigenvalue weighted by Crippen LogP contribution is -2.17. The minimum absolute atomic E-state index is 0.0316. The summed E-state index contributed by atoms with van der Waals surface area (Å²) in [6.07, 6.45) is 0. The molecule has 3 rings (SSSR count). The Morgan fingerprint density at radius 1 is 1.16 bits per heavy atom. The van der Waals surface area contributed by atoms with Crippen LogP contribution < -0.4 is 5.43 Å². The first-order valence-electron chi connectivity index (χ1n) is 8.20. The molecule has 0 saturated carbocycles. The van der Waals surface area contributed by atoms with E-state index in [1.807, 2.05) is 0 Å². The number of fused-ring (bicyclic) bond motifs is 1. The van der Waals surface area contributed by atoms with Crippen molar-refractivity contribution in [2.45, 2.75) is 22.6 Å². The average Bonchev–Trinajstić information content (AvgIpc) is 2.61. The van der Waals surface area contributed by atoms with Crippen molar-refractivity contribution >= 4 is 66.2 Å². The molecular formula is C18H11BrClF6NO2S2. The highest BCUT2D eigenvalue weighted by atomic mass is 79.9. The molecule has 0 aliphatic rings. The molecule has 168 valence electrons. The summed E-state index contributed by atoms with van der Waals surface area (Å²) < 4.78 is 78.8. The lowest BCUT2D eigenvalue weighted by atomic mass is 10.1. The Bertz CT molecular complexity index is 1310. The number of benzene rings is 2. The first-order chi connectivity index (χ1) is 14.0. The molecule has 0 unspecified atom stereocenters. The van der Waals surface area contributed by atoms with Crippen molar-refractivity contribution in [1.29, 1.82) is 0 Å². The zero-order valence-corrected chi connectivity index (χ0v) is 19.2. The van der Waals surface area contributed by atoms with Crippen LogP contribution in [0.1, 0.15) is 22.8 Å². The first-order valence-corrected chi connectivity index (χ1v) is 12.3. The number of rotatable bonds is 5. The van der Waals surface area contributed by atoms with Crippen LogP contribution in [-0.2, 0) is 5.75 Å². The number of hydrogen-bond acceptors (Lipinski definition) is 3. The maximum atomic E-state index is 14.1. The van der Waals surface area contributed by atoms with E-state index in [2.05, 4.69) is 20.9 Å². The van der Waals surface area contributed by atoms with E-state index < -0.39 is 32.1 Å². The molecule has 0 fully saturated rings. The third-order valence-corrected chi connectivity index (χ3v) is 7.39. The van der Waals surface area contributed by atoms with Gasteiger partial charge in [0.15, 0.2) is 5.78 Å². The molecule has 1 heterocycles. The number of aromatic nitrogens is 1. The predicted octanol–water partition coefficient (Wildman–Crippen LogP) is 8.24. The third kappa shape index (κ3) is 4.91. The smallest absolute Gasteiger partial charge is 0.310 e. The molecule has 0 saturated heterocycles. The second-order valence-electron chi connectivity index (χ2n) is 6.50. The van der Waals surface area contributed by atoms with Crippen molar-refractivity contribution in [3.05, 3.63) is 67.0 Å². The van der Waals surface area contributed by atoms with Gasteiger partial charge in [-0.25, -0.2) is 4.39 Å². The Hall–Kier alpha value is -1.63. The zero-order valence-electron chi connectivity index (χ0n) is 15.3. The normalized spacial score (nSPS) is 14.4. The van der Waals surface area contributed by atoms with Crippen LogP contribution in [0.25, 0.3) is 10.9 Å². The summed E-state index contributed by atoms with van der Waals surface area (Å²) in [6, 6.07) is 3.44. The molecule has 2 aromatic carbocycles. The Labute approximate surface area is 189 Å². The van der Waals surface area contributed by atoms with Gasteiger partial charge in [0.25, 0.3) is 0 Å². The van der Waals surface area contributed by atoms with E-state index in [0.717, 1.165) is 18.7 Å². The first kappa shape index (κ1) is 24.0. The average molecular weight is 567 g/mol. The van der Waals surface area contributed by atoms with Gasteiger partial charge in [-0.1, -0.05) is 37.1 Å². The number of aromatic amines is 1. The van der Waals surface area contributed by atoms with Crippen molar-refractivity contribution < 1.29 is 28.6 Å². The van der Waals surface area contributed by atoms with Gasteiger partial charge >= 0.3 is 10.2 Å². The number of hydrogen-bond donors (Lipinski definition) is 1. The fourth-order valence-corrected chi connectivity index (χ4v) is 5.18. The van der Waals surface area contributed by atoms with Crippen LogP contribution in [0.4, 0.5) is 23.8 Å². The largest absolute Gasteiger partial charge is 0.348 e. The molecule has 0 radical (unpaired) electrons. The number of carbonyl (C=O) groups excluding carboxylic acids is 1. The van der Waals surface area contributed by atoms with Gasteiger partial charge in [-0.3, -0.25) is 9.59 Å². The van der Waals surface area contributed by atoms with Gasteiger partial charge < -0.3 is 4.98 Å². The van der Waals surface area contributed by atoms with E-state index in [4.69, 9.17) is 11.6 Å². The van der Waals surface area contributed by atoms with Crippen molar-refractivity contribution in [3.63, 3.8) is 0 Å². The number of pyridine rings is 1. The van der Waals surface area contributed by atoms with Crippen molar-refractivity contribution in [1.82, 2.24) is 4.98 Å². The van der Waals surface area contributed by atoms with Crippen LogP contribution in [0.5, 0.6) is 0 Å². The Balaban J connectivity index is 2.06. The van der Waals surface area contributed by atoms with Crippen LogP contribution in [0.2, 0.25) is 5.02 Å². The van der Waals surface area contributed by atoms with Crippen molar-refractivity contribution in [3.8, 4) is 0 Å². The number of Topliss-reactive ketones (excluding diaryl/α,β-unsaturated/α-hetero) is 1. The lowest BCUT2D eigenvalue weighted by molar-refractivity contribution is 0.101. The SMILES string of the molecule is CC(=O)c1c(SCc2ccc(S(F)(F)(F)(F)F)cc2F)[nH]c2c(Br)ccc(Cl)c2c1=O. The number of halogens is 8. The summed E-state index contributed by atoms with van der Waals surface area (Å²) in [5.41, 5.74) is -0.994. The van der Waals surface area contributed by atoms with Crippen molar-refractivity contribution in [2.24, 2.45) is 0 Å². The van der Waals surface area contributed by atoms with Crippen LogP contribution in [0, 0.1) is 5.82 Å². The maximum absolute atomic E-state index is 14.1. The highest BCUT2D eigenvalue weighted by molar-refractivity contribution is 9.10. The maximum Gasteiger partial charge on any atom is 0.310 e. The Morgan fingerprint density at radius 2 is 1.81 bits per heavy atom. The van der Waals surface area contributed by atoms with E-state index in [1.165, 1.54) is 6.07 Å². The van der Waals surface area contributed by atoms with Crippen molar-refractivity contribution in [2.75, 3.05) is 0 Å². The van der Waals surface area contributed by atoms with Crippen LogP contribution in [0.15, 0.2) is 49.5 Å². The molecule has 0 aliphatic carbocycles. The van der Waals surface area contributed by atoms with Gasteiger partial charge in [0.1, 0.15) is 10.7 Å². The Kier molecular flexibility index (Phi) is 5.57. The van der Waals surface area contributed by atoms with Gasteiger partial charge in [-0.05, 0) is 52.7 Å². The van der Waals surface area contributed by atoms with Crippen LogP contribution in [-0.4, -0.2) is 10.8 Å². The monoisotopic (exact) mass is 565 g/mol. The van der Waals surface area contributed by atoms with E-state index in [1.54, 1.807) is 6.07 Å². The predicted molar refractivity (Wildman–Crippen MR) is 115 cm³/mol. The lowest BCUT2D eigenvalue weighted by Gasteiger charge is -2.40. The molecule has 3 aromatic rings. The molecule has 3 nitrogen and oxygen atoms in total. The number of ketones is 1. The van der Waals surface area contributed by atoms with Gasteiger partial charge in [0.2, 0.25) is 5.43 Å². The summed E-state index contributed by atoms with van der Waals surface area (Å²) in [6.45, 7) is 1.14. The molecule has 0 bridgehead atoms. The number of carbonyl (C=O) groups is 1. The number of H-pyrrole nitrogens is 1. The van der Waals surface area contributed by atoms with Gasteiger partial charge in [-0.2, -0.15) is 0 Å². The second-order valence-corrected chi connectivity index (χ2v) is 11.2. The van der Waals surface area contributed by atoms with Crippen LogP contribution in [0.3, 0.4) is 0 Å². The summed E-state index contributed by atoms with van der Waals surface area (Å²) in [4.78, 5) is 25.4. The van der Waals surface area contributed by atoms with Gasteiger partial charge in [-0.15, -0.1) is 11.8 Å². The Morgan fingerprint density at radius 3 is 2.35 bits per heavy atom. The summed E-state index contributed by atoms with van der Waals surface area (Å²) >= 11 is 10.1. The van der Waals surface area contributed by atoms with E-state index in [9.17, 15) is 33.4 Å². The molecule has 0 spiro atoms. The minimum Gasteiger partial charge on any atom is -0.348 e. The number of nitrogens with one attached hydrogen (secondary N) is 1. The molecule has 0 amide bonds. The quantitative estimate of drug-likeness (QED) is 0.192. The fraction of sp³-hybridized carbons (Fsp3) is 0.111. The zero-order chi connectivity index (χ0) is 23.4. The number of thioether (sulfide) groups is 1. The summed E-state index contributed by atoms with van der Waals surface area (Å²) in [5, 5.41) is 0.178. The highest BCUT2D eigenvalue weighted by Gasteiger charge is 2.65.